The van der Waals surface area contributed by atoms with Gasteiger partial charge in [0.25, 0.3) is 0 Å². The van der Waals surface area contributed by atoms with Crippen LogP contribution in [0.2, 0.25) is 0 Å². The molecular weight excluding hydrogens is 358 g/mol. The van der Waals surface area contributed by atoms with Gasteiger partial charge in [0, 0.05) is 20.0 Å². The van der Waals surface area contributed by atoms with Crippen LogP contribution in [0.5, 0.6) is 0 Å². The van der Waals surface area contributed by atoms with Crippen LogP contribution in [0.25, 0.3) is 0 Å². The summed E-state index contributed by atoms with van der Waals surface area (Å²) in [5, 5.41) is 19.8. The quantitative estimate of drug-likeness (QED) is 0.507. The molecule has 3 nitrogen and oxygen atoms in total. The Hall–Kier alpha value is -1.03. The smallest absolute Gasteiger partial charge is 0.125 e. The van der Waals surface area contributed by atoms with E-state index >= 15 is 0 Å². The fourth-order valence-electron chi connectivity index (χ4n) is 8.18. The SMILES string of the molecule is CO[C@H]1CC[C@H]2[C@@H]3CC[C@@H]4C[C@@](O)(C#CCCCC#N)CC[C@]4(C)[C@H]3CC[C@]12C. The molecule has 4 aliphatic carbocycles. The number of methoxy groups -OCH3 is 1. The summed E-state index contributed by atoms with van der Waals surface area (Å²) >= 11 is 0. The highest BCUT2D eigenvalue weighted by Crippen LogP contribution is 2.67. The van der Waals surface area contributed by atoms with E-state index in [-0.39, 0.29) is 0 Å². The Balaban J connectivity index is 1.47. The van der Waals surface area contributed by atoms with Crippen LogP contribution in [0.15, 0.2) is 0 Å². The molecule has 0 aromatic carbocycles. The molecule has 4 rings (SSSR count). The number of nitriles is 1. The summed E-state index contributed by atoms with van der Waals surface area (Å²) in [5.41, 5.74) is -0.0606. The second-order valence-corrected chi connectivity index (χ2v) is 11.1. The molecule has 0 aromatic heterocycles. The molecule has 0 spiro atoms. The van der Waals surface area contributed by atoms with E-state index in [4.69, 9.17) is 10.00 Å². The van der Waals surface area contributed by atoms with Gasteiger partial charge in [-0.15, -0.1) is 5.92 Å². The predicted molar refractivity (Wildman–Crippen MR) is 115 cm³/mol. The van der Waals surface area contributed by atoms with Crippen LogP contribution >= 0.6 is 0 Å². The van der Waals surface area contributed by atoms with Crippen molar-refractivity contribution in [1.82, 2.24) is 0 Å². The molecule has 4 aliphatic rings. The lowest BCUT2D eigenvalue weighted by Gasteiger charge is -2.61. The first-order valence-electron chi connectivity index (χ1n) is 12.0. The summed E-state index contributed by atoms with van der Waals surface area (Å²) in [6.45, 7) is 5.05. The van der Waals surface area contributed by atoms with Crippen molar-refractivity contribution in [2.24, 2.45) is 34.5 Å². The molecule has 0 unspecified atom stereocenters. The zero-order valence-corrected chi connectivity index (χ0v) is 18.7. The number of nitrogens with zero attached hydrogens (tertiary/aromatic N) is 1. The Morgan fingerprint density at radius 3 is 2.52 bits per heavy atom. The number of hydrogen-bond acceptors (Lipinski definition) is 3. The molecule has 4 fully saturated rings. The molecule has 29 heavy (non-hydrogen) atoms. The molecule has 0 aromatic rings. The standard InChI is InChI=1S/C26H39NO2/c1-24-15-16-26(28,13-6-4-5-7-17-27)18-19(24)8-9-20-21-10-11-23(29-3)25(21,2)14-12-22(20)24/h19-23,28H,4-5,7-12,14-16,18H2,1-3H3/t19-,20+,21+,22+,23+,24+,25+,26-/m1/s1. The molecule has 0 saturated heterocycles. The fraction of sp³-hybridized carbons (Fsp3) is 0.885. The largest absolute Gasteiger partial charge is 0.381 e. The monoisotopic (exact) mass is 397 g/mol. The third-order valence-corrected chi connectivity index (χ3v) is 9.84. The van der Waals surface area contributed by atoms with E-state index in [2.05, 4.69) is 31.8 Å². The number of hydrogen-bond donors (Lipinski definition) is 1. The van der Waals surface area contributed by atoms with E-state index < -0.39 is 5.60 Å². The molecular formula is C26H39NO2. The maximum Gasteiger partial charge on any atom is 0.125 e. The Labute approximate surface area is 177 Å². The Morgan fingerprint density at radius 1 is 0.966 bits per heavy atom. The van der Waals surface area contributed by atoms with Crippen molar-refractivity contribution in [3.05, 3.63) is 0 Å². The first kappa shape index (κ1) is 21.2. The maximum atomic E-state index is 11.2. The Bertz CT molecular complexity index is 716. The lowest BCUT2D eigenvalue weighted by Crippen LogP contribution is -2.56. The van der Waals surface area contributed by atoms with E-state index in [1.807, 2.05) is 7.11 Å². The lowest BCUT2D eigenvalue weighted by molar-refractivity contribution is -0.146. The summed E-state index contributed by atoms with van der Waals surface area (Å²) in [5.74, 6) is 9.47. The second kappa shape index (κ2) is 7.90. The molecule has 160 valence electrons. The van der Waals surface area contributed by atoms with E-state index in [0.717, 1.165) is 49.9 Å². The second-order valence-electron chi connectivity index (χ2n) is 11.1. The van der Waals surface area contributed by atoms with Gasteiger partial charge in [0.15, 0.2) is 0 Å². The number of ether oxygens (including phenoxy) is 1. The van der Waals surface area contributed by atoms with Crippen LogP contribution in [0.1, 0.15) is 90.9 Å². The van der Waals surface area contributed by atoms with Gasteiger partial charge in [-0.1, -0.05) is 19.8 Å². The summed E-state index contributed by atoms with van der Waals surface area (Å²) in [6.07, 6.45) is 13.1. The zero-order valence-electron chi connectivity index (χ0n) is 18.7. The number of aliphatic hydroxyl groups is 1. The topological polar surface area (TPSA) is 53.2 Å². The van der Waals surface area contributed by atoms with Gasteiger partial charge >= 0.3 is 0 Å². The van der Waals surface area contributed by atoms with Crippen molar-refractivity contribution < 1.29 is 9.84 Å². The predicted octanol–water partition coefficient (Wildman–Crippen LogP) is 5.47. The Morgan fingerprint density at radius 2 is 1.76 bits per heavy atom. The maximum absolute atomic E-state index is 11.2. The van der Waals surface area contributed by atoms with Crippen LogP contribution in [0, 0.1) is 57.7 Å². The molecule has 0 aliphatic heterocycles. The summed E-state index contributed by atoms with van der Waals surface area (Å²) in [4.78, 5) is 0. The van der Waals surface area contributed by atoms with Crippen molar-refractivity contribution in [2.45, 2.75) is 103 Å². The molecule has 1 N–H and O–H groups in total. The van der Waals surface area contributed by atoms with E-state index in [1.165, 1.54) is 38.5 Å². The highest BCUT2D eigenvalue weighted by atomic mass is 16.5. The van der Waals surface area contributed by atoms with Crippen molar-refractivity contribution in [2.75, 3.05) is 7.11 Å². The number of fused-ring (bicyclic) bond motifs is 5. The third-order valence-electron chi connectivity index (χ3n) is 9.84. The molecule has 0 heterocycles. The average Bonchev–Trinajstić information content (AvgIpc) is 3.05. The first-order valence-corrected chi connectivity index (χ1v) is 12.0. The number of unbranched alkanes of at least 4 members (excludes halogenated alkanes) is 2. The average molecular weight is 398 g/mol. The summed E-state index contributed by atoms with van der Waals surface area (Å²) in [6, 6.07) is 2.17. The van der Waals surface area contributed by atoms with Crippen LogP contribution in [-0.4, -0.2) is 23.9 Å². The van der Waals surface area contributed by atoms with Crippen molar-refractivity contribution >= 4 is 0 Å². The third kappa shape index (κ3) is 3.54. The molecule has 3 heteroatoms. The van der Waals surface area contributed by atoms with E-state index in [9.17, 15) is 5.11 Å². The van der Waals surface area contributed by atoms with Crippen LogP contribution < -0.4 is 0 Å². The normalized spacial score (nSPS) is 48.4. The molecule has 4 saturated carbocycles. The molecule has 0 amide bonds. The van der Waals surface area contributed by atoms with Gasteiger partial charge in [0.2, 0.25) is 0 Å². The number of rotatable bonds is 3. The van der Waals surface area contributed by atoms with Gasteiger partial charge in [-0.3, -0.25) is 0 Å². The highest BCUT2D eigenvalue weighted by molar-refractivity contribution is 5.19. The van der Waals surface area contributed by atoms with Gasteiger partial charge < -0.3 is 9.84 Å². The van der Waals surface area contributed by atoms with Crippen molar-refractivity contribution in [3.63, 3.8) is 0 Å². The lowest BCUT2D eigenvalue weighted by atomic mass is 9.44. The van der Waals surface area contributed by atoms with Gasteiger partial charge in [0.1, 0.15) is 5.60 Å². The minimum atomic E-state index is -0.804. The van der Waals surface area contributed by atoms with Crippen LogP contribution in [0.4, 0.5) is 0 Å². The van der Waals surface area contributed by atoms with Crippen molar-refractivity contribution in [1.29, 1.82) is 5.26 Å². The van der Waals surface area contributed by atoms with E-state index in [1.54, 1.807) is 0 Å². The highest BCUT2D eigenvalue weighted by Gasteiger charge is 2.61. The van der Waals surface area contributed by atoms with E-state index in [0.29, 0.717) is 29.3 Å². The minimum Gasteiger partial charge on any atom is -0.381 e. The molecule has 8 atom stereocenters. The van der Waals surface area contributed by atoms with Crippen LogP contribution in [-0.2, 0) is 4.74 Å². The van der Waals surface area contributed by atoms with Crippen molar-refractivity contribution in [3.8, 4) is 17.9 Å². The first-order chi connectivity index (χ1) is 13.9. The zero-order chi connectivity index (χ0) is 20.7. The minimum absolute atomic E-state index is 0.365. The summed E-state index contributed by atoms with van der Waals surface area (Å²) in [7, 11) is 1.91. The Kier molecular flexibility index (Phi) is 5.78. The van der Waals surface area contributed by atoms with Gasteiger partial charge in [-0.25, -0.2) is 0 Å². The molecule has 0 radical (unpaired) electrons. The van der Waals surface area contributed by atoms with Crippen LogP contribution in [0.3, 0.4) is 0 Å². The van der Waals surface area contributed by atoms with Gasteiger partial charge in [-0.2, -0.15) is 5.26 Å². The van der Waals surface area contributed by atoms with Gasteiger partial charge in [-0.05, 0) is 98.7 Å². The summed E-state index contributed by atoms with van der Waals surface area (Å²) < 4.78 is 5.92. The fourth-order valence-corrected chi connectivity index (χ4v) is 8.18. The van der Waals surface area contributed by atoms with Gasteiger partial charge in [0.05, 0.1) is 12.2 Å². The molecule has 0 bridgehead atoms.